The van der Waals surface area contributed by atoms with E-state index in [1.54, 1.807) is 22.3 Å². The van der Waals surface area contributed by atoms with Crippen LogP contribution in [0.1, 0.15) is 0 Å². The number of hydrogen-bond acceptors (Lipinski definition) is 0. The van der Waals surface area contributed by atoms with Gasteiger partial charge in [0.1, 0.15) is 0 Å². The summed E-state index contributed by atoms with van der Waals surface area (Å²) in [6, 6.07) is 0. The van der Waals surface area contributed by atoms with E-state index in [2.05, 4.69) is 16.0 Å². The third kappa shape index (κ3) is 9.02. The van der Waals surface area contributed by atoms with Crippen LogP contribution in [0.4, 0.5) is 0 Å². The van der Waals surface area contributed by atoms with E-state index in [0.29, 0.717) is 0 Å². The van der Waals surface area contributed by atoms with Crippen LogP contribution in [0.5, 0.6) is 0 Å². The molecule has 0 aliphatic rings. The summed E-state index contributed by atoms with van der Waals surface area (Å²) < 4.78 is 1.41. The molecule has 0 aromatic rings. The van der Waals surface area contributed by atoms with Crippen molar-refractivity contribution in [2.45, 2.75) is 0 Å². The van der Waals surface area contributed by atoms with Gasteiger partial charge in [-0.3, -0.25) is 0 Å². The summed E-state index contributed by atoms with van der Waals surface area (Å²) in [6.45, 7) is 0. The maximum absolute atomic E-state index is 2.48. The molecular formula is CH2SeTe2. The second kappa shape index (κ2) is 3.17. The van der Waals surface area contributed by atoms with Crippen molar-refractivity contribution in [2.24, 2.45) is 0 Å². The Morgan fingerprint density at radius 2 is 2.00 bits per heavy atom. The average molecular weight is 348 g/mol. The van der Waals surface area contributed by atoms with Crippen LogP contribution >= 0.6 is 0 Å². The van der Waals surface area contributed by atoms with Crippen molar-refractivity contribution in [1.82, 2.24) is 0 Å². The SMILES string of the molecule is [SeH]C(=[Te])[TeH]. The standard InChI is InChI=1S/CH2SeTe2/c2-1(3)4/h(H2,2,3,4). The van der Waals surface area contributed by atoms with Gasteiger partial charge in [0.2, 0.25) is 0 Å². The van der Waals surface area contributed by atoms with Gasteiger partial charge in [0.05, 0.1) is 0 Å². The van der Waals surface area contributed by atoms with Crippen LogP contribution in [-0.4, -0.2) is 60.6 Å². The molecule has 0 nitrogen and oxygen atoms in total. The fourth-order valence-corrected chi connectivity index (χ4v) is 0. The van der Waals surface area contributed by atoms with Crippen LogP contribution < -0.4 is 0 Å². The second-order valence-corrected chi connectivity index (χ2v) is 10.8. The fraction of sp³-hybridized carbons (Fsp3) is 0. The van der Waals surface area contributed by atoms with Crippen LogP contribution in [0.25, 0.3) is 0 Å². The second-order valence-electron chi connectivity index (χ2n) is 0.283. The molecule has 3 heteroatoms. The Balaban J connectivity index is 2.80. The summed E-state index contributed by atoms with van der Waals surface area (Å²) in [5.41, 5.74) is 0. The predicted octanol–water partition coefficient (Wildman–Crippen LogP) is -1.96. The quantitative estimate of drug-likeness (QED) is 0.447. The van der Waals surface area contributed by atoms with Gasteiger partial charge in [-0.2, -0.15) is 0 Å². The Kier molecular flexibility index (Phi) is 4.73. The monoisotopic (exact) mass is 354 g/mol. The molecule has 0 N–H and O–H groups in total. The summed E-state index contributed by atoms with van der Waals surface area (Å²) in [6.07, 6.45) is 0. The van der Waals surface area contributed by atoms with Crippen molar-refractivity contribution in [2.75, 3.05) is 0 Å². The minimum atomic E-state index is 1.41. The summed E-state index contributed by atoms with van der Waals surface area (Å²) in [4.78, 5) is 0. The molecule has 0 saturated heterocycles. The molecule has 0 aromatic heterocycles. The molecule has 0 amide bonds. The van der Waals surface area contributed by atoms with Crippen molar-refractivity contribution in [3.63, 3.8) is 0 Å². The molecule has 0 unspecified atom stereocenters. The molecule has 0 heterocycles. The first kappa shape index (κ1) is 5.97. The van der Waals surface area contributed by atoms with E-state index in [1.165, 1.54) is 0.497 Å². The van der Waals surface area contributed by atoms with E-state index >= 15 is 0 Å². The first-order valence-electron chi connectivity index (χ1n) is 0.651. The van der Waals surface area contributed by atoms with Gasteiger partial charge in [-0.15, -0.1) is 0 Å². The average Bonchev–Trinajstić information content (AvgIpc) is 0.811. The molecule has 0 radical (unpaired) electrons. The molecule has 0 spiro atoms. The molecule has 0 bridgehead atoms. The van der Waals surface area contributed by atoms with Crippen LogP contribution in [0.2, 0.25) is 0 Å². The van der Waals surface area contributed by atoms with Crippen molar-refractivity contribution in [1.29, 1.82) is 0 Å². The van der Waals surface area contributed by atoms with Gasteiger partial charge in [0, 0.05) is 0 Å². The minimum absolute atomic E-state index is 1.41. The summed E-state index contributed by atoms with van der Waals surface area (Å²) in [7, 11) is 0. The summed E-state index contributed by atoms with van der Waals surface area (Å²) in [5, 5.41) is 0. The molecule has 0 aliphatic heterocycles. The Labute approximate surface area is 59.8 Å². The first-order valence-corrected chi connectivity index (χ1v) is 4.03. The normalized spacial score (nSPS) is 6.50. The first-order chi connectivity index (χ1) is 1.73. The van der Waals surface area contributed by atoms with Crippen LogP contribution in [0.3, 0.4) is 0 Å². The molecular weight excluding hydrogens is 346 g/mol. The molecule has 0 aromatic carbocycles. The van der Waals surface area contributed by atoms with Gasteiger partial charge in [-0.05, 0) is 0 Å². The van der Waals surface area contributed by atoms with E-state index in [4.69, 9.17) is 0 Å². The molecule has 0 aliphatic carbocycles. The Morgan fingerprint density at radius 1 is 2.00 bits per heavy atom. The van der Waals surface area contributed by atoms with E-state index in [0.717, 1.165) is 0 Å². The number of rotatable bonds is 0. The van der Waals surface area contributed by atoms with Crippen LogP contribution in [0.15, 0.2) is 0 Å². The Hall–Kier alpha value is 1.97. The van der Waals surface area contributed by atoms with E-state index in [1.807, 2.05) is 21.8 Å². The van der Waals surface area contributed by atoms with Crippen molar-refractivity contribution in [3.8, 4) is 0 Å². The zero-order valence-electron chi connectivity index (χ0n) is 1.80. The topological polar surface area (TPSA) is 0 Å². The molecule has 0 rings (SSSR count). The summed E-state index contributed by atoms with van der Waals surface area (Å²) >= 11 is 6.26. The zero-order chi connectivity index (χ0) is 3.58. The van der Waals surface area contributed by atoms with Crippen LogP contribution in [0, 0.1) is 0 Å². The molecule has 4 heavy (non-hydrogen) atoms. The van der Waals surface area contributed by atoms with Gasteiger partial charge in [0.15, 0.2) is 0 Å². The third-order valence-electron chi connectivity index (χ3n) is 0. The third-order valence-corrected chi connectivity index (χ3v) is 0. The number of hydrogen-bond donors (Lipinski definition) is 0. The van der Waals surface area contributed by atoms with Gasteiger partial charge < -0.3 is 0 Å². The van der Waals surface area contributed by atoms with Gasteiger partial charge in [0.25, 0.3) is 0 Å². The molecule has 0 atom stereocenters. The molecule has 0 fully saturated rings. The van der Waals surface area contributed by atoms with Crippen LogP contribution in [-0.2, 0) is 0 Å². The van der Waals surface area contributed by atoms with Crippen molar-refractivity contribution >= 4 is 60.6 Å². The van der Waals surface area contributed by atoms with E-state index < -0.39 is 0 Å². The molecule has 24 valence electrons. The fourth-order valence-electron chi connectivity index (χ4n) is 0. The Bertz CT molecular complexity index is 29.0. The van der Waals surface area contributed by atoms with Crippen molar-refractivity contribution in [3.05, 3.63) is 0 Å². The maximum atomic E-state index is 2.48. The Morgan fingerprint density at radius 3 is 2.00 bits per heavy atom. The zero-order valence-corrected chi connectivity index (χ0v) is 8.56. The van der Waals surface area contributed by atoms with Crippen molar-refractivity contribution < 1.29 is 0 Å². The predicted molar refractivity (Wildman–Crippen MR) is 25.1 cm³/mol. The van der Waals surface area contributed by atoms with Gasteiger partial charge >= 0.3 is 60.6 Å². The van der Waals surface area contributed by atoms with Gasteiger partial charge in [-0.1, -0.05) is 0 Å². The van der Waals surface area contributed by atoms with E-state index in [9.17, 15) is 0 Å². The van der Waals surface area contributed by atoms with E-state index in [-0.39, 0.29) is 0 Å². The molecule has 0 saturated carbocycles. The summed E-state index contributed by atoms with van der Waals surface area (Å²) in [5.74, 6) is 0. The van der Waals surface area contributed by atoms with Gasteiger partial charge in [-0.25, -0.2) is 0 Å².